The van der Waals surface area contributed by atoms with Crippen LogP contribution in [0.4, 0.5) is 0 Å². The molecule has 2 amide bonds. The van der Waals surface area contributed by atoms with E-state index in [9.17, 15) is 14.7 Å². The van der Waals surface area contributed by atoms with E-state index in [1.165, 1.54) is 0 Å². The van der Waals surface area contributed by atoms with Crippen molar-refractivity contribution in [3.05, 3.63) is 11.5 Å². The molecular weight excluding hydrogens is 336 g/mol. The predicted octanol–water partition coefficient (Wildman–Crippen LogP) is 0.453. The Balaban J connectivity index is 2.06. The number of carbonyl (C=O) groups excluding carboxylic acids is 2. The third-order valence-electron chi connectivity index (χ3n) is 5.00. The zero-order valence-corrected chi connectivity index (χ0v) is 15.6. The number of piperazine rings is 1. The Morgan fingerprint density at radius 1 is 1.15 bits per heavy atom. The van der Waals surface area contributed by atoms with Gasteiger partial charge < -0.3 is 30.8 Å². The molecule has 0 aromatic carbocycles. The third kappa shape index (κ3) is 4.75. The fourth-order valence-corrected chi connectivity index (χ4v) is 3.36. The summed E-state index contributed by atoms with van der Waals surface area (Å²) in [6.07, 6.45) is 3.96. The van der Waals surface area contributed by atoms with Gasteiger partial charge in [-0.25, -0.2) is 0 Å². The molecule has 0 aromatic rings. The van der Waals surface area contributed by atoms with E-state index in [1.807, 2.05) is 4.90 Å². The zero-order chi connectivity index (χ0) is 19.3. The van der Waals surface area contributed by atoms with Crippen molar-refractivity contribution in [2.24, 2.45) is 11.7 Å². The van der Waals surface area contributed by atoms with Crippen molar-refractivity contribution in [1.29, 1.82) is 5.41 Å². The molecule has 2 aliphatic rings. The monoisotopic (exact) mass is 366 g/mol. The summed E-state index contributed by atoms with van der Waals surface area (Å²) in [5, 5.41) is 17.7. The van der Waals surface area contributed by atoms with Gasteiger partial charge in [0.15, 0.2) is 0 Å². The van der Waals surface area contributed by atoms with Crippen LogP contribution in [0.1, 0.15) is 39.5 Å². The number of hydrogen-bond acceptors (Lipinski definition) is 6. The van der Waals surface area contributed by atoms with Gasteiger partial charge in [0.1, 0.15) is 11.8 Å². The first-order chi connectivity index (χ1) is 12.3. The standard InChI is InChI=1S/C18H30N4O4/c1-12(2)15(23)18(25)22-9-7-21(8-10-22)14(11-19)16(17(20)24)26-13-5-3-4-6-13/h11-13,15,19,23H,3-10H2,1-2H3,(H2,20,24)/b16-14-,19-11?. The summed E-state index contributed by atoms with van der Waals surface area (Å²) in [7, 11) is 0. The Morgan fingerprint density at radius 3 is 2.15 bits per heavy atom. The van der Waals surface area contributed by atoms with Crippen molar-refractivity contribution in [2.75, 3.05) is 26.2 Å². The van der Waals surface area contributed by atoms with Crippen LogP contribution in [0.5, 0.6) is 0 Å². The van der Waals surface area contributed by atoms with Crippen LogP contribution in [0.3, 0.4) is 0 Å². The molecular formula is C18H30N4O4. The van der Waals surface area contributed by atoms with Crippen LogP contribution in [-0.4, -0.2) is 71.3 Å². The van der Waals surface area contributed by atoms with E-state index in [4.69, 9.17) is 15.9 Å². The lowest BCUT2D eigenvalue weighted by molar-refractivity contribution is -0.143. The van der Waals surface area contributed by atoms with Crippen LogP contribution in [0.15, 0.2) is 11.5 Å². The summed E-state index contributed by atoms with van der Waals surface area (Å²) >= 11 is 0. The van der Waals surface area contributed by atoms with Crippen molar-refractivity contribution in [1.82, 2.24) is 9.80 Å². The molecule has 1 saturated heterocycles. The summed E-state index contributed by atoms with van der Waals surface area (Å²) in [6.45, 7) is 5.32. The Labute approximate surface area is 154 Å². The molecule has 8 heteroatoms. The van der Waals surface area contributed by atoms with Gasteiger partial charge in [-0.15, -0.1) is 0 Å². The number of primary amides is 1. The molecule has 0 bridgehead atoms. The first kappa shape index (κ1) is 20.2. The molecule has 8 nitrogen and oxygen atoms in total. The summed E-state index contributed by atoms with van der Waals surface area (Å²) in [5.41, 5.74) is 5.86. The van der Waals surface area contributed by atoms with Crippen LogP contribution in [0.25, 0.3) is 0 Å². The lowest BCUT2D eigenvalue weighted by atomic mass is 10.1. The second-order valence-electron chi connectivity index (χ2n) is 7.25. The Bertz CT molecular complexity index is 562. The first-order valence-corrected chi connectivity index (χ1v) is 9.28. The van der Waals surface area contributed by atoms with Crippen LogP contribution >= 0.6 is 0 Å². The van der Waals surface area contributed by atoms with Crippen molar-refractivity contribution < 1.29 is 19.4 Å². The normalized spacial score (nSPS) is 20.8. The molecule has 1 aliphatic carbocycles. The fourth-order valence-electron chi connectivity index (χ4n) is 3.36. The number of carbonyl (C=O) groups is 2. The van der Waals surface area contributed by atoms with Crippen molar-refractivity contribution in [3.8, 4) is 0 Å². The van der Waals surface area contributed by atoms with Gasteiger partial charge in [-0.05, 0) is 31.6 Å². The minimum Gasteiger partial charge on any atom is -0.483 e. The highest BCUT2D eigenvalue weighted by Gasteiger charge is 2.30. The van der Waals surface area contributed by atoms with E-state index in [2.05, 4.69) is 0 Å². The third-order valence-corrected chi connectivity index (χ3v) is 5.00. The van der Waals surface area contributed by atoms with Crippen LogP contribution in [-0.2, 0) is 14.3 Å². The maximum absolute atomic E-state index is 12.3. The van der Waals surface area contributed by atoms with E-state index >= 15 is 0 Å². The molecule has 4 N–H and O–H groups in total. The minimum atomic E-state index is -1.01. The van der Waals surface area contributed by atoms with E-state index in [0.717, 1.165) is 31.9 Å². The number of nitrogens with one attached hydrogen (secondary N) is 1. The maximum Gasteiger partial charge on any atom is 0.286 e. The van der Waals surface area contributed by atoms with Gasteiger partial charge in [0, 0.05) is 32.4 Å². The van der Waals surface area contributed by atoms with Gasteiger partial charge in [0.25, 0.3) is 11.8 Å². The molecule has 1 unspecified atom stereocenters. The molecule has 0 radical (unpaired) electrons. The second kappa shape index (κ2) is 9.02. The highest BCUT2D eigenvalue weighted by atomic mass is 16.5. The van der Waals surface area contributed by atoms with Gasteiger partial charge in [0.2, 0.25) is 5.76 Å². The fraction of sp³-hybridized carbons (Fsp3) is 0.722. The summed E-state index contributed by atoms with van der Waals surface area (Å²) < 4.78 is 5.81. The smallest absolute Gasteiger partial charge is 0.286 e. The van der Waals surface area contributed by atoms with Gasteiger partial charge in [-0.1, -0.05) is 13.8 Å². The number of ether oxygens (including phenoxy) is 1. The predicted molar refractivity (Wildman–Crippen MR) is 97.3 cm³/mol. The second-order valence-corrected chi connectivity index (χ2v) is 7.25. The molecule has 146 valence electrons. The Morgan fingerprint density at radius 2 is 1.69 bits per heavy atom. The number of nitrogens with two attached hydrogens (primary N) is 1. The van der Waals surface area contributed by atoms with Gasteiger partial charge >= 0.3 is 0 Å². The van der Waals surface area contributed by atoms with E-state index < -0.39 is 12.0 Å². The molecule has 2 fully saturated rings. The highest BCUT2D eigenvalue weighted by molar-refractivity contribution is 5.96. The van der Waals surface area contributed by atoms with Gasteiger partial charge in [-0.2, -0.15) is 0 Å². The average Bonchev–Trinajstić information content (AvgIpc) is 3.13. The number of aliphatic hydroxyl groups excluding tert-OH is 1. The van der Waals surface area contributed by atoms with E-state index in [0.29, 0.717) is 31.9 Å². The summed E-state index contributed by atoms with van der Waals surface area (Å²) in [4.78, 5) is 27.6. The molecule has 1 aliphatic heterocycles. The topological polar surface area (TPSA) is 120 Å². The highest BCUT2D eigenvalue weighted by Crippen LogP contribution is 2.25. The lowest BCUT2D eigenvalue weighted by Crippen LogP contribution is -2.52. The molecule has 1 heterocycles. The minimum absolute atomic E-state index is 0.0310. The summed E-state index contributed by atoms with van der Waals surface area (Å²) in [6, 6.07) is 0. The largest absolute Gasteiger partial charge is 0.483 e. The number of hydrogen-bond donors (Lipinski definition) is 3. The van der Waals surface area contributed by atoms with E-state index in [1.54, 1.807) is 18.7 Å². The molecule has 0 spiro atoms. The van der Waals surface area contributed by atoms with E-state index in [-0.39, 0.29) is 23.7 Å². The van der Waals surface area contributed by atoms with Crippen LogP contribution < -0.4 is 5.73 Å². The van der Waals surface area contributed by atoms with Crippen LogP contribution in [0, 0.1) is 11.3 Å². The molecule has 26 heavy (non-hydrogen) atoms. The lowest BCUT2D eigenvalue weighted by Gasteiger charge is -2.38. The number of rotatable bonds is 7. The molecule has 0 aromatic heterocycles. The quantitative estimate of drug-likeness (QED) is 0.343. The van der Waals surface area contributed by atoms with Crippen LogP contribution in [0.2, 0.25) is 0 Å². The molecule has 1 atom stereocenters. The molecule has 2 rings (SSSR count). The Hall–Kier alpha value is -2.09. The maximum atomic E-state index is 12.3. The van der Waals surface area contributed by atoms with Gasteiger partial charge in [-0.3, -0.25) is 9.59 Å². The van der Waals surface area contributed by atoms with Gasteiger partial charge in [0.05, 0.1) is 6.10 Å². The zero-order valence-electron chi connectivity index (χ0n) is 15.6. The number of allylic oxidation sites excluding steroid dienone is 1. The first-order valence-electron chi connectivity index (χ1n) is 9.28. The number of nitrogens with zero attached hydrogens (tertiary/aromatic N) is 2. The summed E-state index contributed by atoms with van der Waals surface area (Å²) in [5.74, 6) is -1.06. The van der Waals surface area contributed by atoms with Crippen molar-refractivity contribution in [2.45, 2.75) is 51.7 Å². The van der Waals surface area contributed by atoms with Crippen molar-refractivity contribution in [3.63, 3.8) is 0 Å². The molecule has 1 saturated carbocycles. The van der Waals surface area contributed by atoms with Crippen molar-refractivity contribution >= 4 is 18.0 Å². The average molecular weight is 366 g/mol. The SMILES string of the molecule is CC(C)C(O)C(=O)N1CCN(/C(C=N)=C(\OC2CCCC2)C(N)=O)CC1. The number of aliphatic hydroxyl groups is 1. The Kier molecular flexibility index (Phi) is 7.02. The number of amides is 2.